The lowest BCUT2D eigenvalue weighted by Crippen LogP contribution is -2.31. The lowest BCUT2D eigenvalue weighted by Gasteiger charge is -2.20. The third kappa shape index (κ3) is 4.88. The van der Waals surface area contributed by atoms with Crippen LogP contribution in [0.2, 0.25) is 0 Å². The third-order valence-corrected chi connectivity index (χ3v) is 5.44. The molecule has 136 valence electrons. The van der Waals surface area contributed by atoms with Crippen LogP contribution in [0.15, 0.2) is 52.0 Å². The largest absolute Gasteiger partial charge is 0.293 e. The molecule has 0 aliphatic rings. The average molecular weight is 437 g/mol. The molecule has 7 nitrogen and oxygen atoms in total. The van der Waals surface area contributed by atoms with E-state index in [2.05, 4.69) is 25.6 Å². The van der Waals surface area contributed by atoms with Gasteiger partial charge in [-0.25, -0.2) is 18.1 Å². The van der Waals surface area contributed by atoms with Crippen LogP contribution in [0.25, 0.3) is 0 Å². The first-order valence-electron chi connectivity index (χ1n) is 7.79. The Morgan fingerprint density at radius 3 is 2.50 bits per heavy atom. The summed E-state index contributed by atoms with van der Waals surface area (Å²) in [5.74, 6) is 0.235. The van der Waals surface area contributed by atoms with Crippen molar-refractivity contribution in [3.63, 3.8) is 0 Å². The van der Waals surface area contributed by atoms with Crippen LogP contribution in [-0.2, 0) is 10.0 Å². The number of hydrogen-bond acceptors (Lipinski definition) is 5. The van der Waals surface area contributed by atoms with E-state index in [1.165, 1.54) is 29.2 Å². The molecule has 0 saturated heterocycles. The highest BCUT2D eigenvalue weighted by atomic mass is 79.9. The molecule has 26 heavy (non-hydrogen) atoms. The van der Waals surface area contributed by atoms with E-state index in [9.17, 15) is 13.2 Å². The number of halogens is 1. The van der Waals surface area contributed by atoms with Gasteiger partial charge in [-0.3, -0.25) is 9.69 Å². The zero-order chi connectivity index (χ0) is 19.2. The number of sulfonamides is 1. The highest BCUT2D eigenvalue weighted by Crippen LogP contribution is 2.18. The predicted molar refractivity (Wildman–Crippen MR) is 101 cm³/mol. The second-order valence-electron chi connectivity index (χ2n) is 5.21. The molecule has 0 atom stereocenters. The monoisotopic (exact) mass is 436 g/mol. The molecule has 2 aromatic rings. The van der Waals surface area contributed by atoms with E-state index in [0.717, 1.165) is 4.47 Å². The molecule has 1 aromatic heterocycles. The summed E-state index contributed by atoms with van der Waals surface area (Å²) < 4.78 is 27.3. The molecule has 2 rings (SSSR count). The molecule has 0 bridgehead atoms. The van der Waals surface area contributed by atoms with Gasteiger partial charge in [0, 0.05) is 35.7 Å². The minimum absolute atomic E-state index is 0.0387. The van der Waals surface area contributed by atoms with E-state index in [1.807, 2.05) is 13.0 Å². The molecule has 0 fully saturated rings. The summed E-state index contributed by atoms with van der Waals surface area (Å²) in [6.45, 7) is 2.29. The number of benzene rings is 1. The number of nitriles is 1. The van der Waals surface area contributed by atoms with Crippen molar-refractivity contribution >= 4 is 37.7 Å². The lowest BCUT2D eigenvalue weighted by molar-refractivity contribution is 0.0987. The maximum absolute atomic E-state index is 12.7. The second kappa shape index (κ2) is 8.89. The Labute approximate surface area is 160 Å². The van der Waals surface area contributed by atoms with Gasteiger partial charge in [-0.05, 0) is 59.3 Å². The van der Waals surface area contributed by atoms with E-state index in [4.69, 9.17) is 5.26 Å². The van der Waals surface area contributed by atoms with Crippen molar-refractivity contribution in [3.05, 3.63) is 52.6 Å². The fourth-order valence-corrected chi connectivity index (χ4v) is 3.46. The van der Waals surface area contributed by atoms with Gasteiger partial charge in [-0.2, -0.15) is 5.26 Å². The first kappa shape index (κ1) is 20.0. The average Bonchev–Trinajstić information content (AvgIpc) is 2.64. The Kier molecular flexibility index (Phi) is 6.85. The Balaban J connectivity index is 2.19. The molecule has 0 aliphatic carbocycles. The standard InChI is InChI=1S/C17H17BrN4O3S/c1-2-22(16-9-6-14(18)12-20-16)17(23)13-4-7-15(8-5-13)26(24,25)21-11-3-10-19/h4-9,12,21H,2-3,11H2,1H3. The normalized spacial score (nSPS) is 11.0. The van der Waals surface area contributed by atoms with Crippen molar-refractivity contribution in [1.29, 1.82) is 5.26 Å². The Morgan fingerprint density at radius 1 is 1.27 bits per heavy atom. The van der Waals surface area contributed by atoms with Gasteiger partial charge >= 0.3 is 0 Å². The molecular formula is C17H17BrN4O3S. The summed E-state index contributed by atoms with van der Waals surface area (Å²) in [7, 11) is -3.70. The molecule has 1 heterocycles. The Hall–Kier alpha value is -2.28. The smallest absolute Gasteiger partial charge is 0.259 e. The number of anilines is 1. The third-order valence-electron chi connectivity index (χ3n) is 3.49. The number of nitrogens with zero attached hydrogens (tertiary/aromatic N) is 3. The summed E-state index contributed by atoms with van der Waals surface area (Å²) in [6, 6.07) is 11.0. The molecule has 1 N–H and O–H groups in total. The van der Waals surface area contributed by atoms with E-state index in [-0.39, 0.29) is 23.8 Å². The minimum atomic E-state index is -3.70. The quantitative estimate of drug-likeness (QED) is 0.671. The topological polar surface area (TPSA) is 103 Å². The van der Waals surface area contributed by atoms with Gasteiger partial charge in [0.1, 0.15) is 5.82 Å². The molecule has 0 unspecified atom stereocenters. The maximum atomic E-state index is 12.7. The Morgan fingerprint density at radius 2 is 1.96 bits per heavy atom. The van der Waals surface area contributed by atoms with Crippen molar-refractivity contribution in [2.75, 3.05) is 18.0 Å². The van der Waals surface area contributed by atoms with Crippen LogP contribution >= 0.6 is 15.9 Å². The highest BCUT2D eigenvalue weighted by molar-refractivity contribution is 9.10. The maximum Gasteiger partial charge on any atom is 0.259 e. The molecule has 0 spiro atoms. The Bertz CT molecular complexity index is 907. The van der Waals surface area contributed by atoms with Gasteiger partial charge in [0.25, 0.3) is 5.91 Å². The van der Waals surface area contributed by atoms with Crippen LogP contribution in [0.1, 0.15) is 23.7 Å². The van der Waals surface area contributed by atoms with Crippen LogP contribution in [0.4, 0.5) is 5.82 Å². The van der Waals surface area contributed by atoms with E-state index in [0.29, 0.717) is 17.9 Å². The number of nitrogens with one attached hydrogen (secondary N) is 1. The van der Waals surface area contributed by atoms with Gasteiger partial charge in [0.15, 0.2) is 0 Å². The molecule has 0 saturated carbocycles. The zero-order valence-electron chi connectivity index (χ0n) is 14.0. The number of aromatic nitrogens is 1. The molecule has 9 heteroatoms. The van der Waals surface area contributed by atoms with Crippen molar-refractivity contribution in [2.24, 2.45) is 0 Å². The number of rotatable bonds is 7. The fraction of sp³-hybridized carbons (Fsp3) is 0.235. The molecule has 0 aliphatic heterocycles. The summed E-state index contributed by atoms with van der Waals surface area (Å²) in [6.07, 6.45) is 1.69. The SMILES string of the molecule is CCN(C(=O)c1ccc(S(=O)(=O)NCCC#N)cc1)c1ccc(Br)cn1. The van der Waals surface area contributed by atoms with Gasteiger partial charge in [-0.15, -0.1) is 0 Å². The number of carbonyl (C=O) groups excluding carboxylic acids is 1. The summed E-state index contributed by atoms with van der Waals surface area (Å²) in [5, 5.41) is 8.48. The van der Waals surface area contributed by atoms with Gasteiger partial charge in [0.2, 0.25) is 10.0 Å². The first-order chi connectivity index (χ1) is 12.4. The first-order valence-corrected chi connectivity index (χ1v) is 10.1. The van der Waals surface area contributed by atoms with Crippen molar-refractivity contribution in [3.8, 4) is 6.07 Å². The van der Waals surface area contributed by atoms with E-state index < -0.39 is 10.0 Å². The van der Waals surface area contributed by atoms with Crippen LogP contribution in [0, 0.1) is 11.3 Å². The molecule has 0 radical (unpaired) electrons. The zero-order valence-corrected chi connectivity index (χ0v) is 16.4. The van der Waals surface area contributed by atoms with Crippen LogP contribution in [0.5, 0.6) is 0 Å². The van der Waals surface area contributed by atoms with Gasteiger partial charge < -0.3 is 0 Å². The van der Waals surface area contributed by atoms with E-state index >= 15 is 0 Å². The van der Waals surface area contributed by atoms with E-state index in [1.54, 1.807) is 18.3 Å². The number of hydrogen-bond donors (Lipinski definition) is 1. The number of amides is 1. The predicted octanol–water partition coefficient (Wildman–Crippen LogP) is 2.70. The highest BCUT2D eigenvalue weighted by Gasteiger charge is 2.19. The number of pyridine rings is 1. The van der Waals surface area contributed by atoms with Crippen molar-refractivity contribution in [2.45, 2.75) is 18.2 Å². The summed E-state index contributed by atoms with van der Waals surface area (Å²) in [5.41, 5.74) is 0.354. The lowest BCUT2D eigenvalue weighted by atomic mass is 10.2. The molecular weight excluding hydrogens is 420 g/mol. The fourth-order valence-electron chi connectivity index (χ4n) is 2.19. The molecule has 1 amide bonds. The van der Waals surface area contributed by atoms with Crippen LogP contribution in [-0.4, -0.2) is 32.4 Å². The second-order valence-corrected chi connectivity index (χ2v) is 7.90. The van der Waals surface area contributed by atoms with Gasteiger partial charge in [0.05, 0.1) is 11.0 Å². The van der Waals surface area contributed by atoms with Gasteiger partial charge in [-0.1, -0.05) is 0 Å². The number of carbonyl (C=O) groups is 1. The van der Waals surface area contributed by atoms with Crippen LogP contribution in [0.3, 0.4) is 0 Å². The van der Waals surface area contributed by atoms with Crippen molar-refractivity contribution in [1.82, 2.24) is 9.71 Å². The molecule has 1 aromatic carbocycles. The van der Waals surface area contributed by atoms with Crippen LogP contribution < -0.4 is 9.62 Å². The summed E-state index contributed by atoms with van der Waals surface area (Å²) in [4.78, 5) is 18.5. The van der Waals surface area contributed by atoms with Crippen molar-refractivity contribution < 1.29 is 13.2 Å². The minimum Gasteiger partial charge on any atom is -0.293 e. The summed E-state index contributed by atoms with van der Waals surface area (Å²) >= 11 is 3.30.